The molecular weight excluding hydrogens is 328 g/mol. The Bertz CT molecular complexity index is 634. The fourth-order valence-electron chi connectivity index (χ4n) is 4.57. The van der Waals surface area contributed by atoms with Gasteiger partial charge in [-0.05, 0) is 50.8 Å². The third-order valence-corrected chi connectivity index (χ3v) is 5.91. The highest BCUT2D eigenvalue weighted by Crippen LogP contribution is 2.39. The molecule has 1 aromatic carbocycles. The first-order valence-electron chi connectivity index (χ1n) is 9.80. The number of aliphatic hydroxyl groups is 1. The van der Waals surface area contributed by atoms with Gasteiger partial charge in [0.15, 0.2) is 0 Å². The Balaban J connectivity index is 1.68. The Kier molecular flexibility index (Phi) is 6.20. The highest BCUT2D eigenvalue weighted by molar-refractivity contribution is 5.77. The molecule has 26 heavy (non-hydrogen) atoms. The molecule has 0 saturated carbocycles. The van der Waals surface area contributed by atoms with E-state index in [1.807, 2.05) is 4.90 Å². The van der Waals surface area contributed by atoms with Crippen LogP contribution in [0, 0.1) is 12.3 Å². The Morgan fingerprint density at radius 3 is 2.88 bits per heavy atom. The average Bonchev–Trinajstić information content (AvgIpc) is 2.64. The van der Waals surface area contributed by atoms with Crippen LogP contribution < -0.4 is 4.74 Å². The molecule has 2 aliphatic rings. The summed E-state index contributed by atoms with van der Waals surface area (Å²) < 4.78 is 5.58. The number of nitrogens with zero attached hydrogens (tertiary/aromatic N) is 2. The zero-order chi connectivity index (χ0) is 18.6. The molecule has 2 fully saturated rings. The summed E-state index contributed by atoms with van der Waals surface area (Å²) in [5.74, 6) is 1.22. The van der Waals surface area contributed by atoms with Gasteiger partial charge in [-0.1, -0.05) is 12.1 Å². The number of aryl methyl sites for hydroxylation is 1. The van der Waals surface area contributed by atoms with Gasteiger partial charge >= 0.3 is 0 Å². The van der Waals surface area contributed by atoms with Crippen molar-refractivity contribution >= 4 is 5.91 Å². The summed E-state index contributed by atoms with van der Waals surface area (Å²) >= 11 is 0. The van der Waals surface area contributed by atoms with Crippen molar-refractivity contribution in [3.8, 4) is 5.75 Å². The minimum Gasteiger partial charge on any atom is -0.496 e. The van der Waals surface area contributed by atoms with Gasteiger partial charge in [0.25, 0.3) is 0 Å². The van der Waals surface area contributed by atoms with Crippen LogP contribution in [0.25, 0.3) is 0 Å². The van der Waals surface area contributed by atoms with Crippen molar-refractivity contribution in [3.05, 3.63) is 29.3 Å². The molecule has 5 nitrogen and oxygen atoms in total. The van der Waals surface area contributed by atoms with E-state index in [9.17, 15) is 4.79 Å². The third kappa shape index (κ3) is 4.38. The molecule has 1 aromatic rings. The van der Waals surface area contributed by atoms with Crippen LogP contribution in [0.5, 0.6) is 5.75 Å². The van der Waals surface area contributed by atoms with Crippen molar-refractivity contribution in [2.75, 3.05) is 39.9 Å². The predicted molar refractivity (Wildman–Crippen MR) is 102 cm³/mol. The number of hydrogen-bond acceptors (Lipinski definition) is 4. The van der Waals surface area contributed by atoms with Gasteiger partial charge in [-0.15, -0.1) is 0 Å². The topological polar surface area (TPSA) is 53.0 Å². The van der Waals surface area contributed by atoms with E-state index in [2.05, 4.69) is 30.0 Å². The maximum atomic E-state index is 12.2. The van der Waals surface area contributed by atoms with Gasteiger partial charge in [0.1, 0.15) is 5.75 Å². The van der Waals surface area contributed by atoms with E-state index in [-0.39, 0.29) is 17.9 Å². The second-order valence-electron chi connectivity index (χ2n) is 8.02. The Hall–Kier alpha value is -1.59. The Labute approximate surface area is 156 Å². The minimum absolute atomic E-state index is 0.149. The molecule has 0 radical (unpaired) electrons. The largest absolute Gasteiger partial charge is 0.496 e. The second kappa shape index (κ2) is 8.40. The van der Waals surface area contributed by atoms with Crippen molar-refractivity contribution in [3.63, 3.8) is 0 Å². The van der Waals surface area contributed by atoms with E-state index in [4.69, 9.17) is 9.84 Å². The predicted octanol–water partition coefficient (Wildman–Crippen LogP) is 2.59. The van der Waals surface area contributed by atoms with Crippen molar-refractivity contribution < 1.29 is 14.6 Å². The van der Waals surface area contributed by atoms with Gasteiger partial charge in [-0.25, -0.2) is 0 Å². The Morgan fingerprint density at radius 1 is 1.27 bits per heavy atom. The molecule has 144 valence electrons. The fraction of sp³-hybridized carbons (Fsp3) is 0.667. The normalized spacial score (nSPS) is 24.3. The van der Waals surface area contributed by atoms with Crippen LogP contribution in [0.15, 0.2) is 18.2 Å². The lowest BCUT2D eigenvalue weighted by molar-refractivity contribution is -0.139. The zero-order valence-corrected chi connectivity index (χ0v) is 16.2. The molecule has 1 N–H and O–H groups in total. The van der Waals surface area contributed by atoms with E-state index < -0.39 is 0 Å². The smallest absolute Gasteiger partial charge is 0.222 e. The number of aliphatic hydroxyl groups excluding tert-OH is 1. The molecule has 0 unspecified atom stereocenters. The zero-order valence-electron chi connectivity index (χ0n) is 16.2. The van der Waals surface area contributed by atoms with Crippen molar-refractivity contribution in [1.82, 2.24) is 9.80 Å². The fourth-order valence-corrected chi connectivity index (χ4v) is 4.57. The summed E-state index contributed by atoms with van der Waals surface area (Å²) in [5, 5.41) is 9.10. The standard InChI is InChI=1S/C21H32N2O3/c1-17-5-6-18(19(13-17)26-2)14-22-10-3-8-21(15-22)9-7-20(25)23(16-21)11-4-12-24/h5-6,13,24H,3-4,7-12,14-16H2,1-2H3/t21-/m1/s1. The van der Waals surface area contributed by atoms with Crippen LogP contribution >= 0.6 is 0 Å². The summed E-state index contributed by atoms with van der Waals surface area (Å²) in [6.45, 7) is 6.79. The highest BCUT2D eigenvalue weighted by atomic mass is 16.5. The molecule has 2 heterocycles. The van der Waals surface area contributed by atoms with E-state index in [0.29, 0.717) is 19.4 Å². The molecule has 1 amide bonds. The lowest BCUT2D eigenvalue weighted by Gasteiger charge is -2.48. The molecule has 2 saturated heterocycles. The van der Waals surface area contributed by atoms with Crippen LogP contribution in [0.4, 0.5) is 0 Å². The number of ether oxygens (including phenoxy) is 1. The summed E-state index contributed by atoms with van der Waals surface area (Å²) in [6, 6.07) is 6.42. The van der Waals surface area contributed by atoms with Gasteiger partial charge in [0.05, 0.1) is 7.11 Å². The number of likely N-dealkylation sites (tertiary alicyclic amines) is 2. The molecule has 2 aliphatic heterocycles. The van der Waals surface area contributed by atoms with E-state index in [1.165, 1.54) is 24.0 Å². The molecule has 1 spiro atoms. The quantitative estimate of drug-likeness (QED) is 0.847. The number of rotatable bonds is 6. The van der Waals surface area contributed by atoms with Crippen molar-refractivity contribution in [2.24, 2.45) is 5.41 Å². The van der Waals surface area contributed by atoms with Gasteiger partial charge in [0, 0.05) is 50.2 Å². The van der Waals surface area contributed by atoms with E-state index in [1.54, 1.807) is 7.11 Å². The number of piperidine rings is 2. The molecule has 3 rings (SSSR count). The van der Waals surface area contributed by atoms with Crippen LogP contribution in [0.2, 0.25) is 0 Å². The van der Waals surface area contributed by atoms with Crippen molar-refractivity contribution in [2.45, 2.75) is 45.6 Å². The second-order valence-corrected chi connectivity index (χ2v) is 8.02. The third-order valence-electron chi connectivity index (χ3n) is 5.91. The van der Waals surface area contributed by atoms with Crippen LogP contribution in [0.3, 0.4) is 0 Å². The number of benzene rings is 1. The Morgan fingerprint density at radius 2 is 2.12 bits per heavy atom. The van der Waals surface area contributed by atoms with Gasteiger partial charge in [0.2, 0.25) is 5.91 Å². The first kappa shape index (κ1) is 19.2. The number of carbonyl (C=O) groups is 1. The van der Waals surface area contributed by atoms with Gasteiger partial charge in [-0.3, -0.25) is 9.69 Å². The van der Waals surface area contributed by atoms with E-state index >= 15 is 0 Å². The minimum atomic E-state index is 0.149. The number of hydrogen-bond donors (Lipinski definition) is 1. The van der Waals surface area contributed by atoms with Crippen molar-refractivity contribution in [1.29, 1.82) is 0 Å². The van der Waals surface area contributed by atoms with Gasteiger partial charge < -0.3 is 14.7 Å². The van der Waals surface area contributed by atoms with Crippen LogP contribution in [-0.4, -0.2) is 60.7 Å². The maximum Gasteiger partial charge on any atom is 0.222 e. The molecular formula is C21H32N2O3. The molecule has 0 bridgehead atoms. The van der Waals surface area contributed by atoms with Crippen LogP contribution in [0.1, 0.15) is 43.2 Å². The molecule has 1 atom stereocenters. The highest BCUT2D eigenvalue weighted by Gasteiger charge is 2.41. The van der Waals surface area contributed by atoms with E-state index in [0.717, 1.165) is 38.3 Å². The summed E-state index contributed by atoms with van der Waals surface area (Å²) in [6.07, 6.45) is 4.68. The molecule has 0 aromatic heterocycles. The maximum absolute atomic E-state index is 12.2. The molecule has 5 heteroatoms. The molecule has 0 aliphatic carbocycles. The monoisotopic (exact) mass is 360 g/mol. The SMILES string of the molecule is COc1cc(C)ccc1CN1CCC[C@@]2(CCC(=O)N(CCCO)C2)C1. The summed E-state index contributed by atoms with van der Waals surface area (Å²) in [5.41, 5.74) is 2.66. The summed E-state index contributed by atoms with van der Waals surface area (Å²) in [7, 11) is 1.74. The number of carbonyl (C=O) groups excluding carboxylic acids is 1. The first-order valence-corrected chi connectivity index (χ1v) is 9.80. The average molecular weight is 360 g/mol. The number of amides is 1. The summed E-state index contributed by atoms with van der Waals surface area (Å²) in [4.78, 5) is 16.7. The lowest BCUT2D eigenvalue weighted by atomic mass is 9.73. The first-order chi connectivity index (χ1) is 12.5. The number of methoxy groups -OCH3 is 1. The van der Waals surface area contributed by atoms with Gasteiger partial charge in [-0.2, -0.15) is 0 Å². The van der Waals surface area contributed by atoms with Crippen LogP contribution in [-0.2, 0) is 11.3 Å². The lowest BCUT2D eigenvalue weighted by Crippen LogP contribution is -2.54.